The summed E-state index contributed by atoms with van der Waals surface area (Å²) in [6.45, 7) is 11.2. The average molecular weight is 635 g/mol. The van der Waals surface area contributed by atoms with Crippen molar-refractivity contribution in [2.75, 3.05) is 46.3 Å². The SMILES string of the molecule is CCCCCCCCC1C[C@]1(NC(=O)[C@@H]1CCCN1C(=O)CNC(=O)NC(CN1CCCN(C)C[C@H]1C=O)C(C)(C)C)C(=O)O. The van der Waals surface area contributed by atoms with E-state index in [1.54, 1.807) is 0 Å². The van der Waals surface area contributed by atoms with Crippen LogP contribution in [0.2, 0.25) is 0 Å². The van der Waals surface area contributed by atoms with E-state index in [1.807, 2.05) is 27.8 Å². The molecular formula is C33H58N6O6. The number of unbranched alkanes of at least 4 members (excludes halogenated alkanes) is 5. The maximum absolute atomic E-state index is 13.3. The second-order valence-corrected chi connectivity index (χ2v) is 14.5. The molecule has 3 fully saturated rings. The summed E-state index contributed by atoms with van der Waals surface area (Å²) in [5, 5.41) is 18.5. The molecule has 0 bridgehead atoms. The van der Waals surface area contributed by atoms with E-state index in [0.29, 0.717) is 38.9 Å². The summed E-state index contributed by atoms with van der Waals surface area (Å²) in [6.07, 6.45) is 10.9. The van der Waals surface area contributed by atoms with Crippen LogP contribution in [0.1, 0.15) is 98.3 Å². The molecule has 0 aromatic carbocycles. The summed E-state index contributed by atoms with van der Waals surface area (Å²) in [4.78, 5) is 69.2. The summed E-state index contributed by atoms with van der Waals surface area (Å²) in [5.41, 5.74) is -1.55. The Morgan fingerprint density at radius 1 is 1.02 bits per heavy atom. The van der Waals surface area contributed by atoms with Gasteiger partial charge in [-0.1, -0.05) is 66.2 Å². The lowest BCUT2D eigenvalue weighted by atomic mass is 9.86. The monoisotopic (exact) mass is 634 g/mol. The number of amides is 4. The van der Waals surface area contributed by atoms with E-state index < -0.39 is 29.5 Å². The molecule has 3 aliphatic rings. The third-order valence-electron chi connectivity index (χ3n) is 9.89. The number of likely N-dealkylation sites (tertiary alicyclic amines) is 1. The molecule has 12 heteroatoms. The molecule has 2 saturated heterocycles. The summed E-state index contributed by atoms with van der Waals surface area (Å²) >= 11 is 0. The van der Waals surface area contributed by atoms with Crippen LogP contribution in [0.25, 0.3) is 0 Å². The molecule has 4 amide bonds. The largest absolute Gasteiger partial charge is 0.479 e. The van der Waals surface area contributed by atoms with E-state index in [0.717, 1.165) is 51.5 Å². The van der Waals surface area contributed by atoms with Crippen LogP contribution in [0.4, 0.5) is 4.79 Å². The Morgan fingerprint density at radius 3 is 2.40 bits per heavy atom. The highest BCUT2D eigenvalue weighted by molar-refractivity contribution is 5.95. The first kappa shape index (κ1) is 36.7. The van der Waals surface area contributed by atoms with E-state index >= 15 is 0 Å². The van der Waals surface area contributed by atoms with E-state index in [9.17, 15) is 29.1 Å². The van der Waals surface area contributed by atoms with Gasteiger partial charge in [0.2, 0.25) is 11.8 Å². The minimum Gasteiger partial charge on any atom is -0.479 e. The predicted octanol–water partition coefficient (Wildman–Crippen LogP) is 2.61. The number of likely N-dealkylation sites (N-methyl/N-ethyl adjacent to an activating group) is 1. The lowest BCUT2D eigenvalue weighted by Crippen LogP contribution is -2.57. The first-order chi connectivity index (χ1) is 21.3. The summed E-state index contributed by atoms with van der Waals surface area (Å²) in [7, 11) is 2.00. The van der Waals surface area contributed by atoms with E-state index in [-0.39, 0.29) is 35.9 Å². The molecule has 5 atom stereocenters. The van der Waals surface area contributed by atoms with Crippen LogP contribution in [0.3, 0.4) is 0 Å². The van der Waals surface area contributed by atoms with Crippen molar-refractivity contribution in [1.82, 2.24) is 30.7 Å². The molecule has 4 N–H and O–H groups in total. The smallest absolute Gasteiger partial charge is 0.329 e. The normalized spacial score (nSPS) is 26.5. The quantitative estimate of drug-likeness (QED) is 0.149. The molecule has 2 aliphatic heterocycles. The molecule has 256 valence electrons. The van der Waals surface area contributed by atoms with Gasteiger partial charge in [-0.2, -0.15) is 0 Å². The zero-order valence-electron chi connectivity index (χ0n) is 28.2. The first-order valence-corrected chi connectivity index (χ1v) is 17.1. The van der Waals surface area contributed by atoms with Gasteiger partial charge in [0, 0.05) is 32.2 Å². The number of aldehydes is 1. The molecule has 0 spiro atoms. The van der Waals surface area contributed by atoms with Gasteiger partial charge >= 0.3 is 12.0 Å². The molecule has 2 heterocycles. The van der Waals surface area contributed by atoms with Crippen molar-refractivity contribution in [2.45, 2.75) is 122 Å². The van der Waals surface area contributed by atoms with Gasteiger partial charge in [-0.25, -0.2) is 9.59 Å². The third kappa shape index (κ3) is 10.4. The number of nitrogens with one attached hydrogen (secondary N) is 3. The van der Waals surface area contributed by atoms with Crippen LogP contribution in [0.5, 0.6) is 0 Å². The lowest BCUT2D eigenvalue weighted by Gasteiger charge is -2.37. The zero-order chi connectivity index (χ0) is 33.2. The number of carbonyl (C=O) groups excluding carboxylic acids is 4. The van der Waals surface area contributed by atoms with E-state index in [4.69, 9.17) is 0 Å². The molecule has 0 aromatic heterocycles. The number of hydrogen-bond donors (Lipinski definition) is 4. The van der Waals surface area contributed by atoms with E-state index in [2.05, 4.69) is 32.7 Å². The Morgan fingerprint density at radius 2 is 1.73 bits per heavy atom. The molecule has 2 unspecified atom stereocenters. The third-order valence-corrected chi connectivity index (χ3v) is 9.89. The van der Waals surface area contributed by atoms with Crippen LogP contribution >= 0.6 is 0 Å². The molecule has 1 aliphatic carbocycles. The molecule has 0 radical (unpaired) electrons. The van der Waals surface area contributed by atoms with Crippen LogP contribution in [-0.4, -0.2) is 120 Å². The average Bonchev–Trinajstić information content (AvgIpc) is 3.51. The maximum atomic E-state index is 13.3. The van der Waals surface area contributed by atoms with Crippen molar-refractivity contribution in [3.8, 4) is 0 Å². The van der Waals surface area contributed by atoms with Crippen molar-refractivity contribution >= 4 is 30.1 Å². The number of carbonyl (C=O) groups is 5. The van der Waals surface area contributed by atoms with Crippen molar-refractivity contribution in [3.05, 3.63) is 0 Å². The van der Waals surface area contributed by atoms with Crippen LogP contribution < -0.4 is 16.0 Å². The molecule has 0 aromatic rings. The van der Waals surface area contributed by atoms with Gasteiger partial charge < -0.3 is 35.7 Å². The Labute approximate surface area is 269 Å². The van der Waals surface area contributed by atoms with Gasteiger partial charge in [-0.15, -0.1) is 0 Å². The second kappa shape index (κ2) is 16.7. The van der Waals surface area contributed by atoms with Crippen molar-refractivity contribution in [3.63, 3.8) is 0 Å². The number of nitrogens with zero attached hydrogens (tertiary/aromatic N) is 3. The summed E-state index contributed by atoms with van der Waals surface area (Å²) in [5.74, 6) is -1.91. The Kier molecular flexibility index (Phi) is 13.6. The highest BCUT2D eigenvalue weighted by Gasteiger charge is 2.61. The summed E-state index contributed by atoms with van der Waals surface area (Å²) < 4.78 is 0. The number of carboxylic acids is 1. The van der Waals surface area contributed by atoms with Gasteiger partial charge in [-0.3, -0.25) is 14.5 Å². The fourth-order valence-electron chi connectivity index (χ4n) is 6.79. The van der Waals surface area contributed by atoms with Crippen LogP contribution in [0, 0.1) is 11.3 Å². The van der Waals surface area contributed by atoms with E-state index in [1.165, 1.54) is 24.2 Å². The number of rotatable bonds is 16. The maximum Gasteiger partial charge on any atom is 0.329 e. The fraction of sp³-hybridized carbons (Fsp3) is 0.848. The molecular weight excluding hydrogens is 576 g/mol. The molecule has 12 nitrogen and oxygen atoms in total. The van der Waals surface area contributed by atoms with Crippen molar-refractivity contribution < 1.29 is 29.1 Å². The number of aliphatic carboxylic acids is 1. The molecule has 3 rings (SSSR count). The minimum atomic E-state index is -1.25. The van der Waals surface area contributed by atoms with Gasteiger partial charge in [0.15, 0.2) is 0 Å². The zero-order valence-corrected chi connectivity index (χ0v) is 28.2. The number of hydrogen-bond acceptors (Lipinski definition) is 7. The second-order valence-electron chi connectivity index (χ2n) is 14.5. The summed E-state index contributed by atoms with van der Waals surface area (Å²) in [6, 6.07) is -1.77. The highest BCUT2D eigenvalue weighted by Crippen LogP contribution is 2.47. The number of urea groups is 1. The lowest BCUT2D eigenvalue weighted by molar-refractivity contribution is -0.145. The van der Waals surface area contributed by atoms with Gasteiger partial charge in [0.25, 0.3) is 0 Å². The molecule has 45 heavy (non-hydrogen) atoms. The fourth-order valence-corrected chi connectivity index (χ4v) is 6.79. The minimum absolute atomic E-state index is 0.0890. The first-order valence-electron chi connectivity index (χ1n) is 17.1. The van der Waals surface area contributed by atoms with Gasteiger partial charge in [-0.05, 0) is 57.0 Å². The topological polar surface area (TPSA) is 151 Å². The standard InChI is InChI=1S/C33H58N6O6/c1-6-7-8-9-10-11-14-24-19-33(24,30(43)44)36-29(42)26-15-12-18-39(26)28(41)20-34-31(45)35-27(32(2,3)4)22-38-17-13-16-37(5)21-25(38)23-40/h23-27H,6-22H2,1-5H3,(H,36,42)(H,43,44)(H2,34,35,45)/t24?,25-,26-,27?,33+/m0/s1. The van der Waals surface area contributed by atoms with Crippen LogP contribution in [-0.2, 0) is 19.2 Å². The highest BCUT2D eigenvalue weighted by atomic mass is 16.4. The Bertz CT molecular complexity index is 1030. The van der Waals surface area contributed by atoms with Crippen LogP contribution in [0.15, 0.2) is 0 Å². The van der Waals surface area contributed by atoms with Crippen molar-refractivity contribution in [2.24, 2.45) is 11.3 Å². The van der Waals surface area contributed by atoms with Gasteiger partial charge in [0.05, 0.1) is 12.6 Å². The Balaban J connectivity index is 1.51. The van der Waals surface area contributed by atoms with Gasteiger partial charge in [0.1, 0.15) is 17.9 Å². The number of carboxylic acid groups (broad SMARTS) is 1. The molecule has 1 saturated carbocycles. The van der Waals surface area contributed by atoms with Crippen molar-refractivity contribution in [1.29, 1.82) is 0 Å². The predicted molar refractivity (Wildman–Crippen MR) is 173 cm³/mol. The Hall–Kier alpha value is -2.73.